The average Bonchev–Trinajstić information content (AvgIpc) is 3.08. The first-order valence-corrected chi connectivity index (χ1v) is 6.13. The van der Waals surface area contributed by atoms with Crippen molar-refractivity contribution in [3.05, 3.63) is 34.3 Å². The molecule has 0 heterocycles. The number of aliphatic hydroxyl groups is 1. The topological polar surface area (TPSA) is 49.3 Å². The van der Waals surface area contributed by atoms with Gasteiger partial charge in [-0.25, -0.2) is 0 Å². The molecule has 1 aromatic carbocycles. The number of benzene rings is 1. The van der Waals surface area contributed by atoms with Crippen molar-refractivity contribution in [2.45, 2.75) is 18.3 Å². The molecule has 1 amide bonds. The quantitative estimate of drug-likeness (QED) is 0.882. The second-order valence-electron chi connectivity index (χ2n) is 4.07. The van der Waals surface area contributed by atoms with Gasteiger partial charge in [0.15, 0.2) is 0 Å². The lowest BCUT2D eigenvalue weighted by Gasteiger charge is -2.15. The second-order valence-corrected chi connectivity index (χ2v) is 4.98. The van der Waals surface area contributed by atoms with E-state index in [9.17, 15) is 4.79 Å². The lowest BCUT2D eigenvalue weighted by Crippen LogP contribution is -2.36. The third kappa shape index (κ3) is 2.13. The number of hydrogen-bond acceptors (Lipinski definition) is 2. The lowest BCUT2D eigenvalue weighted by atomic mass is 9.95. The molecular weight excluding hydrogens is 270 g/mol. The monoisotopic (exact) mass is 283 g/mol. The van der Waals surface area contributed by atoms with Crippen molar-refractivity contribution in [2.24, 2.45) is 0 Å². The van der Waals surface area contributed by atoms with Gasteiger partial charge in [-0.15, -0.1) is 0 Å². The molecule has 3 nitrogen and oxygen atoms in total. The van der Waals surface area contributed by atoms with Gasteiger partial charge in [0.1, 0.15) is 0 Å². The zero-order chi connectivity index (χ0) is 11.6. The van der Waals surface area contributed by atoms with Crippen molar-refractivity contribution < 1.29 is 9.90 Å². The first-order valence-electron chi connectivity index (χ1n) is 5.34. The van der Waals surface area contributed by atoms with Crippen molar-refractivity contribution in [3.8, 4) is 0 Å². The molecular formula is C12H14BrNO2. The van der Waals surface area contributed by atoms with Crippen molar-refractivity contribution in [1.82, 2.24) is 5.32 Å². The zero-order valence-corrected chi connectivity index (χ0v) is 10.5. The van der Waals surface area contributed by atoms with Crippen LogP contribution in [0.2, 0.25) is 0 Å². The summed E-state index contributed by atoms with van der Waals surface area (Å²) >= 11 is 3.38. The standard InChI is InChI=1S/C12H14BrNO2/c13-10-3-1-9(2-4-10)12(5-6-12)11(16)14-7-8-15/h1-4,15H,5-8H2,(H,14,16). The molecule has 1 aromatic rings. The largest absolute Gasteiger partial charge is 0.395 e. The minimum Gasteiger partial charge on any atom is -0.395 e. The van der Waals surface area contributed by atoms with Gasteiger partial charge in [-0.3, -0.25) is 4.79 Å². The summed E-state index contributed by atoms with van der Waals surface area (Å²) in [5.41, 5.74) is 0.724. The number of halogens is 1. The molecule has 1 saturated carbocycles. The fourth-order valence-corrected chi connectivity index (χ4v) is 2.14. The van der Waals surface area contributed by atoms with E-state index in [4.69, 9.17) is 5.11 Å². The van der Waals surface area contributed by atoms with Crippen LogP contribution < -0.4 is 5.32 Å². The molecule has 0 radical (unpaired) electrons. The highest BCUT2D eigenvalue weighted by molar-refractivity contribution is 9.10. The summed E-state index contributed by atoms with van der Waals surface area (Å²) in [4.78, 5) is 11.9. The Balaban J connectivity index is 2.13. The SMILES string of the molecule is O=C(NCCO)C1(c2ccc(Br)cc2)CC1. The molecule has 2 rings (SSSR count). The molecule has 1 fully saturated rings. The van der Waals surface area contributed by atoms with E-state index in [-0.39, 0.29) is 17.9 Å². The lowest BCUT2D eigenvalue weighted by molar-refractivity contribution is -0.123. The molecule has 0 aromatic heterocycles. The number of nitrogens with one attached hydrogen (secondary N) is 1. The molecule has 0 atom stereocenters. The Hall–Kier alpha value is -0.870. The van der Waals surface area contributed by atoms with Crippen molar-refractivity contribution in [1.29, 1.82) is 0 Å². The predicted octanol–water partition coefficient (Wildman–Crippen LogP) is 1.59. The summed E-state index contributed by atoms with van der Waals surface area (Å²) in [6.07, 6.45) is 1.79. The maximum absolute atomic E-state index is 11.9. The number of aliphatic hydroxyl groups excluding tert-OH is 1. The van der Waals surface area contributed by atoms with Gasteiger partial charge in [-0.05, 0) is 30.5 Å². The molecule has 0 aliphatic heterocycles. The molecule has 0 spiro atoms. The predicted molar refractivity (Wildman–Crippen MR) is 65.1 cm³/mol. The maximum atomic E-state index is 11.9. The Kier molecular flexibility index (Phi) is 3.30. The summed E-state index contributed by atoms with van der Waals surface area (Å²) < 4.78 is 1.02. The van der Waals surface area contributed by atoms with Crippen LogP contribution in [-0.2, 0) is 10.2 Å². The Morgan fingerprint density at radius 2 is 2.00 bits per heavy atom. The summed E-state index contributed by atoms with van der Waals surface area (Å²) in [5.74, 6) is 0.0314. The van der Waals surface area contributed by atoms with E-state index < -0.39 is 0 Å². The minimum absolute atomic E-state index is 0.0117. The number of amides is 1. The second kappa shape index (κ2) is 4.55. The van der Waals surface area contributed by atoms with Gasteiger partial charge in [0.25, 0.3) is 0 Å². The highest BCUT2D eigenvalue weighted by atomic mass is 79.9. The highest BCUT2D eigenvalue weighted by Crippen LogP contribution is 2.48. The van der Waals surface area contributed by atoms with E-state index in [0.29, 0.717) is 6.54 Å². The van der Waals surface area contributed by atoms with Crippen LogP contribution in [0.1, 0.15) is 18.4 Å². The molecule has 0 bridgehead atoms. The number of carbonyl (C=O) groups excluding carboxylic acids is 1. The molecule has 0 saturated heterocycles. The van der Waals surface area contributed by atoms with Crippen molar-refractivity contribution in [3.63, 3.8) is 0 Å². The smallest absolute Gasteiger partial charge is 0.230 e. The van der Waals surface area contributed by atoms with Crippen LogP contribution >= 0.6 is 15.9 Å². The molecule has 4 heteroatoms. The van der Waals surface area contributed by atoms with E-state index in [1.807, 2.05) is 24.3 Å². The van der Waals surface area contributed by atoms with Crippen LogP contribution in [0.15, 0.2) is 28.7 Å². The Bertz CT molecular complexity index is 385. The number of hydrogen-bond donors (Lipinski definition) is 2. The maximum Gasteiger partial charge on any atom is 0.230 e. The molecule has 16 heavy (non-hydrogen) atoms. The van der Waals surface area contributed by atoms with Gasteiger partial charge >= 0.3 is 0 Å². The summed E-state index contributed by atoms with van der Waals surface area (Å²) in [6.45, 7) is 0.319. The Morgan fingerprint density at radius 3 is 2.50 bits per heavy atom. The summed E-state index contributed by atoms with van der Waals surface area (Å²) in [6, 6.07) is 7.87. The molecule has 1 aliphatic carbocycles. The van der Waals surface area contributed by atoms with Crippen LogP contribution in [0.25, 0.3) is 0 Å². The van der Waals surface area contributed by atoms with Gasteiger partial charge < -0.3 is 10.4 Å². The van der Waals surface area contributed by atoms with Crippen LogP contribution in [0.3, 0.4) is 0 Å². The van der Waals surface area contributed by atoms with Gasteiger partial charge in [0.2, 0.25) is 5.91 Å². The first-order chi connectivity index (χ1) is 7.69. The van der Waals surface area contributed by atoms with Gasteiger partial charge in [0.05, 0.1) is 12.0 Å². The molecule has 86 valence electrons. The van der Waals surface area contributed by atoms with Crippen LogP contribution in [0, 0.1) is 0 Å². The van der Waals surface area contributed by atoms with Crippen molar-refractivity contribution in [2.75, 3.05) is 13.2 Å². The van der Waals surface area contributed by atoms with Crippen LogP contribution in [-0.4, -0.2) is 24.2 Å². The first kappa shape index (κ1) is 11.6. The zero-order valence-electron chi connectivity index (χ0n) is 8.87. The van der Waals surface area contributed by atoms with Gasteiger partial charge in [-0.1, -0.05) is 28.1 Å². The molecule has 0 unspecified atom stereocenters. The molecule has 1 aliphatic rings. The summed E-state index contributed by atoms with van der Waals surface area (Å²) in [5, 5.41) is 11.4. The average molecular weight is 284 g/mol. The Morgan fingerprint density at radius 1 is 1.38 bits per heavy atom. The summed E-state index contributed by atoms with van der Waals surface area (Å²) in [7, 11) is 0. The third-order valence-corrected chi connectivity index (χ3v) is 3.51. The van der Waals surface area contributed by atoms with E-state index in [1.165, 1.54) is 0 Å². The van der Waals surface area contributed by atoms with E-state index in [1.54, 1.807) is 0 Å². The molecule has 2 N–H and O–H groups in total. The van der Waals surface area contributed by atoms with Crippen LogP contribution in [0.4, 0.5) is 0 Å². The van der Waals surface area contributed by atoms with E-state index in [0.717, 1.165) is 22.9 Å². The van der Waals surface area contributed by atoms with Gasteiger partial charge in [-0.2, -0.15) is 0 Å². The fraction of sp³-hybridized carbons (Fsp3) is 0.417. The highest BCUT2D eigenvalue weighted by Gasteiger charge is 2.50. The minimum atomic E-state index is -0.337. The fourth-order valence-electron chi connectivity index (χ4n) is 1.88. The van der Waals surface area contributed by atoms with Gasteiger partial charge in [0, 0.05) is 11.0 Å². The number of carbonyl (C=O) groups is 1. The number of rotatable bonds is 4. The van der Waals surface area contributed by atoms with Crippen molar-refractivity contribution >= 4 is 21.8 Å². The third-order valence-electron chi connectivity index (χ3n) is 2.98. The Labute approximate surface area is 103 Å². The van der Waals surface area contributed by atoms with Crippen LogP contribution in [0.5, 0.6) is 0 Å². The van der Waals surface area contributed by atoms with E-state index >= 15 is 0 Å². The normalized spacial score (nSPS) is 16.9. The van der Waals surface area contributed by atoms with E-state index in [2.05, 4.69) is 21.2 Å².